The van der Waals surface area contributed by atoms with Gasteiger partial charge in [0.1, 0.15) is 0 Å². The van der Waals surface area contributed by atoms with Crippen LogP contribution in [-0.2, 0) is 0 Å². The SMILES string of the molecule is CCNC(c1ccc(Cl)cc1Br)c1ccc(F)c(F)c1F. The molecule has 112 valence electrons. The molecule has 0 saturated heterocycles. The van der Waals surface area contributed by atoms with Gasteiger partial charge in [0.15, 0.2) is 17.5 Å². The molecule has 0 aliphatic carbocycles. The maximum atomic E-state index is 14.0. The summed E-state index contributed by atoms with van der Waals surface area (Å²) in [5.74, 6) is -3.87. The van der Waals surface area contributed by atoms with Crippen LogP contribution < -0.4 is 5.32 Å². The molecule has 0 heterocycles. The van der Waals surface area contributed by atoms with Gasteiger partial charge in [-0.3, -0.25) is 0 Å². The van der Waals surface area contributed by atoms with Crippen LogP contribution in [0.5, 0.6) is 0 Å². The van der Waals surface area contributed by atoms with Gasteiger partial charge in [-0.15, -0.1) is 0 Å². The molecule has 1 atom stereocenters. The molecular formula is C15H12BrClF3N. The van der Waals surface area contributed by atoms with E-state index in [0.29, 0.717) is 21.6 Å². The molecule has 21 heavy (non-hydrogen) atoms. The standard InChI is InChI=1S/C15H12BrClF3N/c1-2-21-15(9-4-3-8(17)7-11(9)16)10-5-6-12(18)14(20)13(10)19/h3-7,15,21H,2H2,1H3. The van der Waals surface area contributed by atoms with Crippen molar-refractivity contribution in [3.05, 3.63) is 68.4 Å². The number of rotatable bonds is 4. The molecule has 1 unspecified atom stereocenters. The highest BCUT2D eigenvalue weighted by molar-refractivity contribution is 9.10. The minimum absolute atomic E-state index is 0.0405. The van der Waals surface area contributed by atoms with Gasteiger partial charge in [-0.2, -0.15) is 0 Å². The van der Waals surface area contributed by atoms with E-state index in [1.807, 2.05) is 6.92 Å². The molecule has 2 rings (SSSR count). The Morgan fingerprint density at radius 3 is 2.38 bits per heavy atom. The van der Waals surface area contributed by atoms with Crippen molar-refractivity contribution in [3.8, 4) is 0 Å². The van der Waals surface area contributed by atoms with Gasteiger partial charge in [0, 0.05) is 15.1 Å². The average molecular weight is 379 g/mol. The third-order valence-electron chi connectivity index (χ3n) is 3.06. The summed E-state index contributed by atoms with van der Waals surface area (Å²) in [6.45, 7) is 2.37. The van der Waals surface area contributed by atoms with E-state index in [1.165, 1.54) is 6.07 Å². The monoisotopic (exact) mass is 377 g/mol. The van der Waals surface area contributed by atoms with Gasteiger partial charge >= 0.3 is 0 Å². The van der Waals surface area contributed by atoms with Crippen LogP contribution >= 0.6 is 27.5 Å². The van der Waals surface area contributed by atoms with E-state index in [-0.39, 0.29) is 5.56 Å². The topological polar surface area (TPSA) is 12.0 Å². The smallest absolute Gasteiger partial charge is 0.194 e. The molecule has 2 aromatic carbocycles. The van der Waals surface area contributed by atoms with E-state index in [4.69, 9.17) is 11.6 Å². The summed E-state index contributed by atoms with van der Waals surface area (Å²) in [4.78, 5) is 0. The highest BCUT2D eigenvalue weighted by atomic mass is 79.9. The first-order chi connectivity index (χ1) is 9.95. The van der Waals surface area contributed by atoms with Gasteiger partial charge in [-0.05, 0) is 30.3 Å². The van der Waals surface area contributed by atoms with Gasteiger partial charge in [-0.1, -0.05) is 46.6 Å². The lowest BCUT2D eigenvalue weighted by Crippen LogP contribution is -2.24. The fourth-order valence-corrected chi connectivity index (χ4v) is 3.00. The molecular weight excluding hydrogens is 367 g/mol. The lowest BCUT2D eigenvalue weighted by Gasteiger charge is -2.21. The Balaban J connectivity index is 2.56. The summed E-state index contributed by atoms with van der Waals surface area (Å²) < 4.78 is 41.2. The molecule has 0 radical (unpaired) electrons. The first kappa shape index (κ1) is 16.3. The number of halogens is 5. The van der Waals surface area contributed by atoms with Gasteiger partial charge in [0.2, 0.25) is 0 Å². The summed E-state index contributed by atoms with van der Waals surface area (Å²) in [6, 6.07) is 6.57. The summed E-state index contributed by atoms with van der Waals surface area (Å²) in [6.07, 6.45) is 0. The van der Waals surface area contributed by atoms with Crippen LogP contribution in [0, 0.1) is 17.5 Å². The molecule has 0 fully saturated rings. The highest BCUT2D eigenvalue weighted by Crippen LogP contribution is 2.32. The maximum absolute atomic E-state index is 14.0. The minimum Gasteiger partial charge on any atom is -0.306 e. The number of benzene rings is 2. The van der Waals surface area contributed by atoms with Crippen molar-refractivity contribution in [1.29, 1.82) is 0 Å². The molecule has 6 heteroatoms. The summed E-state index contributed by atoms with van der Waals surface area (Å²) >= 11 is 9.25. The van der Waals surface area contributed by atoms with Gasteiger partial charge in [0.25, 0.3) is 0 Å². The highest BCUT2D eigenvalue weighted by Gasteiger charge is 2.23. The van der Waals surface area contributed by atoms with Crippen LogP contribution in [0.4, 0.5) is 13.2 Å². The summed E-state index contributed by atoms with van der Waals surface area (Å²) in [7, 11) is 0. The normalized spacial score (nSPS) is 12.5. The third-order valence-corrected chi connectivity index (χ3v) is 3.98. The van der Waals surface area contributed by atoms with Crippen molar-refractivity contribution in [3.63, 3.8) is 0 Å². The van der Waals surface area contributed by atoms with Crippen molar-refractivity contribution in [2.75, 3.05) is 6.54 Å². The van der Waals surface area contributed by atoms with Crippen molar-refractivity contribution in [2.45, 2.75) is 13.0 Å². The summed E-state index contributed by atoms with van der Waals surface area (Å²) in [5, 5.41) is 3.58. The molecule has 2 aromatic rings. The Hall–Kier alpha value is -1.04. The molecule has 0 amide bonds. The molecule has 0 aliphatic heterocycles. The lowest BCUT2D eigenvalue weighted by molar-refractivity contribution is 0.433. The molecule has 0 saturated carbocycles. The van der Waals surface area contributed by atoms with Gasteiger partial charge in [0.05, 0.1) is 6.04 Å². The van der Waals surface area contributed by atoms with Crippen molar-refractivity contribution in [2.24, 2.45) is 0 Å². The number of hydrogen-bond donors (Lipinski definition) is 1. The Bertz CT molecular complexity index is 664. The Labute approximate surface area is 134 Å². The van der Waals surface area contributed by atoms with Gasteiger partial charge in [-0.25, -0.2) is 13.2 Å². The van der Waals surface area contributed by atoms with Crippen molar-refractivity contribution >= 4 is 27.5 Å². The predicted octanol–water partition coefficient (Wildman–Crippen LogP) is 5.22. The van der Waals surface area contributed by atoms with Crippen LogP contribution in [-0.4, -0.2) is 6.54 Å². The number of hydrogen-bond acceptors (Lipinski definition) is 1. The van der Waals surface area contributed by atoms with Crippen LogP contribution in [0.25, 0.3) is 0 Å². The lowest BCUT2D eigenvalue weighted by atomic mass is 9.98. The van der Waals surface area contributed by atoms with Crippen LogP contribution in [0.1, 0.15) is 24.1 Å². The molecule has 0 aliphatic rings. The second-order valence-electron chi connectivity index (χ2n) is 4.42. The minimum atomic E-state index is -1.47. The average Bonchev–Trinajstić information content (AvgIpc) is 2.44. The Morgan fingerprint density at radius 2 is 1.76 bits per heavy atom. The fraction of sp³-hybridized carbons (Fsp3) is 0.200. The van der Waals surface area contributed by atoms with Crippen LogP contribution in [0.2, 0.25) is 5.02 Å². The summed E-state index contributed by atoms with van der Waals surface area (Å²) in [5.41, 5.74) is 0.727. The van der Waals surface area contributed by atoms with Crippen LogP contribution in [0.15, 0.2) is 34.8 Å². The van der Waals surface area contributed by atoms with E-state index in [9.17, 15) is 13.2 Å². The predicted molar refractivity (Wildman–Crippen MR) is 81.0 cm³/mol. The zero-order valence-corrected chi connectivity index (χ0v) is 13.4. The second kappa shape index (κ2) is 6.81. The first-order valence-corrected chi connectivity index (χ1v) is 7.44. The Morgan fingerprint density at radius 1 is 1.10 bits per heavy atom. The number of nitrogens with one attached hydrogen (secondary N) is 1. The van der Waals surface area contributed by atoms with Gasteiger partial charge < -0.3 is 5.32 Å². The van der Waals surface area contributed by atoms with E-state index in [2.05, 4.69) is 21.2 Å². The quantitative estimate of drug-likeness (QED) is 0.719. The molecule has 0 aromatic heterocycles. The molecule has 0 spiro atoms. The second-order valence-corrected chi connectivity index (χ2v) is 5.71. The van der Waals surface area contributed by atoms with E-state index < -0.39 is 23.5 Å². The fourth-order valence-electron chi connectivity index (χ4n) is 2.09. The van der Waals surface area contributed by atoms with Crippen LogP contribution in [0.3, 0.4) is 0 Å². The van der Waals surface area contributed by atoms with E-state index in [0.717, 1.165) is 6.07 Å². The largest absolute Gasteiger partial charge is 0.306 e. The zero-order valence-electron chi connectivity index (χ0n) is 11.1. The van der Waals surface area contributed by atoms with Crippen molar-refractivity contribution < 1.29 is 13.2 Å². The van der Waals surface area contributed by atoms with E-state index >= 15 is 0 Å². The maximum Gasteiger partial charge on any atom is 0.194 e. The van der Waals surface area contributed by atoms with Crippen molar-refractivity contribution in [1.82, 2.24) is 5.32 Å². The third kappa shape index (κ3) is 3.42. The molecule has 1 N–H and O–H groups in total. The molecule has 0 bridgehead atoms. The zero-order chi connectivity index (χ0) is 15.6. The first-order valence-electron chi connectivity index (χ1n) is 6.27. The van der Waals surface area contributed by atoms with E-state index in [1.54, 1.807) is 18.2 Å². The molecule has 1 nitrogen and oxygen atoms in total. The Kier molecular flexibility index (Phi) is 5.30.